The number of fused-ring (bicyclic) bond motifs is 1. The third-order valence-corrected chi connectivity index (χ3v) is 5.38. The van der Waals surface area contributed by atoms with Crippen molar-refractivity contribution in [2.24, 2.45) is 0 Å². The molecule has 0 spiro atoms. The van der Waals surface area contributed by atoms with Crippen molar-refractivity contribution in [2.75, 3.05) is 10.6 Å². The van der Waals surface area contributed by atoms with Gasteiger partial charge in [0.2, 0.25) is 0 Å². The summed E-state index contributed by atoms with van der Waals surface area (Å²) in [6, 6.07) is 26.3. The summed E-state index contributed by atoms with van der Waals surface area (Å²) < 4.78 is 5.81. The number of para-hydroxylation sites is 1. The molecule has 0 fully saturated rings. The zero-order valence-corrected chi connectivity index (χ0v) is 18.5. The SMILES string of the molecule is Cc1cccc2c(Nc3ccc(C(=O)Nc4cccc(Oc5ccncc5)c4)cc3)ccnc12. The molecule has 0 saturated heterocycles. The van der Waals surface area contributed by atoms with Gasteiger partial charge in [0.25, 0.3) is 5.91 Å². The summed E-state index contributed by atoms with van der Waals surface area (Å²) in [5.41, 5.74) is 5.16. The van der Waals surface area contributed by atoms with Crippen molar-refractivity contribution in [3.8, 4) is 11.5 Å². The van der Waals surface area contributed by atoms with Crippen LogP contribution >= 0.6 is 0 Å². The predicted octanol–water partition coefficient (Wildman–Crippen LogP) is 6.73. The highest BCUT2D eigenvalue weighted by Crippen LogP contribution is 2.27. The maximum Gasteiger partial charge on any atom is 0.255 e. The first-order valence-electron chi connectivity index (χ1n) is 10.9. The highest BCUT2D eigenvalue weighted by atomic mass is 16.5. The Hall–Kier alpha value is -4.71. The summed E-state index contributed by atoms with van der Waals surface area (Å²) in [7, 11) is 0. The number of rotatable bonds is 6. The second-order valence-corrected chi connectivity index (χ2v) is 7.80. The van der Waals surface area contributed by atoms with Crippen molar-refractivity contribution in [3.05, 3.63) is 115 Å². The Balaban J connectivity index is 1.28. The lowest BCUT2D eigenvalue weighted by molar-refractivity contribution is 0.102. The van der Waals surface area contributed by atoms with Crippen LogP contribution in [0.1, 0.15) is 15.9 Å². The molecule has 0 aliphatic rings. The molecule has 0 aliphatic carbocycles. The van der Waals surface area contributed by atoms with Gasteiger partial charge < -0.3 is 15.4 Å². The minimum atomic E-state index is -0.197. The van der Waals surface area contributed by atoms with Crippen molar-refractivity contribution >= 4 is 33.9 Å². The minimum Gasteiger partial charge on any atom is -0.457 e. The average Bonchev–Trinajstić information content (AvgIpc) is 2.86. The zero-order chi connectivity index (χ0) is 23.3. The van der Waals surface area contributed by atoms with E-state index in [1.807, 2.05) is 61.5 Å². The van der Waals surface area contributed by atoms with Crippen molar-refractivity contribution in [3.63, 3.8) is 0 Å². The van der Waals surface area contributed by atoms with Gasteiger partial charge in [-0.1, -0.05) is 24.3 Å². The number of nitrogens with one attached hydrogen (secondary N) is 2. The summed E-state index contributed by atoms with van der Waals surface area (Å²) in [5, 5.41) is 7.41. The second-order valence-electron chi connectivity index (χ2n) is 7.80. The summed E-state index contributed by atoms with van der Waals surface area (Å²) in [6.45, 7) is 2.05. The van der Waals surface area contributed by atoms with Gasteiger partial charge >= 0.3 is 0 Å². The third kappa shape index (κ3) is 4.71. The molecular weight excluding hydrogens is 424 g/mol. The van der Waals surface area contributed by atoms with Crippen LogP contribution in [0.15, 0.2) is 104 Å². The van der Waals surface area contributed by atoms with E-state index in [-0.39, 0.29) is 5.91 Å². The maximum absolute atomic E-state index is 12.8. The molecule has 0 saturated carbocycles. The Kier molecular flexibility index (Phi) is 5.86. The van der Waals surface area contributed by atoms with Gasteiger partial charge in [-0.2, -0.15) is 0 Å². The molecule has 5 rings (SSSR count). The molecule has 1 amide bonds. The molecule has 0 bridgehead atoms. The van der Waals surface area contributed by atoms with Gasteiger partial charge in [-0.05, 0) is 67.1 Å². The molecule has 5 aromatic rings. The number of carbonyl (C=O) groups is 1. The van der Waals surface area contributed by atoms with E-state index in [1.165, 1.54) is 0 Å². The first-order chi connectivity index (χ1) is 16.7. The van der Waals surface area contributed by atoms with E-state index in [0.29, 0.717) is 22.7 Å². The molecule has 0 unspecified atom stereocenters. The number of hydrogen-bond donors (Lipinski definition) is 2. The van der Waals surface area contributed by atoms with Crippen molar-refractivity contribution in [2.45, 2.75) is 6.92 Å². The van der Waals surface area contributed by atoms with Gasteiger partial charge in [0.15, 0.2) is 0 Å². The molecule has 0 aliphatic heterocycles. The number of amides is 1. The molecule has 2 aromatic heterocycles. The van der Waals surface area contributed by atoms with E-state index in [9.17, 15) is 4.79 Å². The first-order valence-corrected chi connectivity index (χ1v) is 10.9. The van der Waals surface area contributed by atoms with Crippen molar-refractivity contribution in [1.82, 2.24) is 9.97 Å². The largest absolute Gasteiger partial charge is 0.457 e. The molecule has 166 valence electrons. The molecule has 0 atom stereocenters. The molecule has 34 heavy (non-hydrogen) atoms. The molecular formula is C28H22N4O2. The molecule has 3 aromatic carbocycles. The lowest BCUT2D eigenvalue weighted by atomic mass is 10.1. The number of pyridine rings is 2. The molecule has 6 heteroatoms. The standard InChI is InChI=1S/C28H22N4O2/c1-19-4-2-7-25-26(14-17-30-27(19)25)31-21-10-8-20(9-11-21)28(33)32-22-5-3-6-24(18-22)34-23-12-15-29-16-13-23/h2-18H,1H3,(H,30,31)(H,32,33). The van der Waals surface area contributed by atoms with E-state index in [1.54, 1.807) is 48.9 Å². The highest BCUT2D eigenvalue weighted by molar-refractivity contribution is 6.04. The minimum absolute atomic E-state index is 0.197. The van der Waals surface area contributed by atoms with E-state index < -0.39 is 0 Å². The Morgan fingerprint density at radius 2 is 1.59 bits per heavy atom. The van der Waals surface area contributed by atoms with Gasteiger partial charge in [-0.15, -0.1) is 0 Å². The summed E-state index contributed by atoms with van der Waals surface area (Å²) in [6.07, 6.45) is 5.13. The quantitative estimate of drug-likeness (QED) is 0.303. The normalized spacial score (nSPS) is 10.6. The van der Waals surface area contributed by atoms with Crippen LogP contribution < -0.4 is 15.4 Å². The summed E-state index contributed by atoms with van der Waals surface area (Å²) in [5.74, 6) is 1.11. The second kappa shape index (κ2) is 9.42. The molecule has 0 radical (unpaired) electrons. The van der Waals surface area contributed by atoms with Gasteiger partial charge in [0, 0.05) is 52.7 Å². The highest BCUT2D eigenvalue weighted by Gasteiger charge is 2.09. The van der Waals surface area contributed by atoms with Crippen LogP contribution in [0.5, 0.6) is 11.5 Å². The van der Waals surface area contributed by atoms with Gasteiger partial charge in [0.05, 0.1) is 5.52 Å². The number of anilines is 3. The van der Waals surface area contributed by atoms with Crippen LogP contribution in [0.25, 0.3) is 10.9 Å². The first kappa shape index (κ1) is 21.2. The summed E-state index contributed by atoms with van der Waals surface area (Å²) >= 11 is 0. The lowest BCUT2D eigenvalue weighted by Gasteiger charge is -2.12. The van der Waals surface area contributed by atoms with E-state index in [4.69, 9.17) is 4.74 Å². The van der Waals surface area contributed by atoms with Crippen LogP contribution in [0, 0.1) is 6.92 Å². The van der Waals surface area contributed by atoms with E-state index >= 15 is 0 Å². The van der Waals surface area contributed by atoms with Gasteiger partial charge in [-0.25, -0.2) is 0 Å². The third-order valence-electron chi connectivity index (χ3n) is 5.38. The van der Waals surface area contributed by atoms with Gasteiger partial charge in [0.1, 0.15) is 11.5 Å². The smallest absolute Gasteiger partial charge is 0.255 e. The van der Waals surface area contributed by atoms with Crippen molar-refractivity contribution in [1.29, 1.82) is 0 Å². The summed E-state index contributed by atoms with van der Waals surface area (Å²) in [4.78, 5) is 21.2. The van der Waals surface area contributed by atoms with Crippen LogP contribution in [-0.4, -0.2) is 15.9 Å². The number of benzene rings is 3. The van der Waals surface area contributed by atoms with Crippen LogP contribution in [0.3, 0.4) is 0 Å². The number of aryl methyl sites for hydroxylation is 1. The number of aromatic nitrogens is 2. The topological polar surface area (TPSA) is 76.1 Å². The van der Waals surface area contributed by atoms with E-state index in [0.717, 1.165) is 27.8 Å². The fourth-order valence-electron chi connectivity index (χ4n) is 3.68. The Bertz CT molecular complexity index is 1450. The van der Waals surface area contributed by atoms with Gasteiger partial charge in [-0.3, -0.25) is 14.8 Å². The number of nitrogens with zero attached hydrogens (tertiary/aromatic N) is 2. The number of carbonyl (C=O) groups excluding carboxylic acids is 1. The number of ether oxygens (including phenoxy) is 1. The predicted molar refractivity (Wildman–Crippen MR) is 135 cm³/mol. The Morgan fingerprint density at radius 1 is 0.794 bits per heavy atom. The van der Waals surface area contributed by atoms with Crippen molar-refractivity contribution < 1.29 is 9.53 Å². The molecule has 2 heterocycles. The molecule has 2 N–H and O–H groups in total. The number of hydrogen-bond acceptors (Lipinski definition) is 5. The average molecular weight is 447 g/mol. The molecule has 6 nitrogen and oxygen atoms in total. The van der Waals surface area contributed by atoms with Crippen LogP contribution in [-0.2, 0) is 0 Å². The van der Waals surface area contributed by atoms with Crippen LogP contribution in [0.2, 0.25) is 0 Å². The maximum atomic E-state index is 12.8. The lowest BCUT2D eigenvalue weighted by Crippen LogP contribution is -2.11. The van der Waals surface area contributed by atoms with E-state index in [2.05, 4.69) is 20.6 Å². The zero-order valence-electron chi connectivity index (χ0n) is 18.5. The fourth-order valence-corrected chi connectivity index (χ4v) is 3.68. The van der Waals surface area contributed by atoms with Crippen LogP contribution in [0.4, 0.5) is 17.1 Å². The monoisotopic (exact) mass is 446 g/mol. The Labute approximate surface area is 197 Å². The Morgan fingerprint density at radius 3 is 2.41 bits per heavy atom. The fraction of sp³-hybridized carbons (Fsp3) is 0.0357.